The second-order valence-corrected chi connectivity index (χ2v) is 7.40. The van der Waals surface area contributed by atoms with Crippen molar-refractivity contribution in [1.29, 1.82) is 0 Å². The molecule has 0 bridgehead atoms. The van der Waals surface area contributed by atoms with Crippen LogP contribution in [0.1, 0.15) is 48.3 Å². The molecule has 100 valence electrons. The van der Waals surface area contributed by atoms with Crippen LogP contribution in [0.2, 0.25) is 0 Å². The SMILES string of the molecule is CC(C)(C)C1CCc2nc3sc(C=O)nc3cc2C1. The number of hydrogen-bond acceptors (Lipinski definition) is 4. The van der Waals surface area contributed by atoms with Crippen molar-refractivity contribution in [3.05, 3.63) is 22.3 Å². The minimum Gasteiger partial charge on any atom is -0.295 e. The molecule has 0 aliphatic heterocycles. The third-order valence-electron chi connectivity index (χ3n) is 4.09. The molecule has 0 saturated heterocycles. The zero-order valence-corrected chi connectivity index (χ0v) is 12.4. The number of aromatic nitrogens is 2. The third kappa shape index (κ3) is 2.29. The molecule has 0 radical (unpaired) electrons. The van der Waals surface area contributed by atoms with E-state index >= 15 is 0 Å². The van der Waals surface area contributed by atoms with Crippen molar-refractivity contribution in [2.24, 2.45) is 11.3 Å². The first-order valence-electron chi connectivity index (χ1n) is 6.72. The quantitative estimate of drug-likeness (QED) is 0.745. The predicted molar refractivity (Wildman–Crippen MR) is 77.8 cm³/mol. The van der Waals surface area contributed by atoms with E-state index in [9.17, 15) is 4.79 Å². The third-order valence-corrected chi connectivity index (χ3v) is 4.98. The number of nitrogens with zero attached hydrogens (tertiary/aromatic N) is 2. The van der Waals surface area contributed by atoms with Gasteiger partial charge in [-0.2, -0.15) is 0 Å². The summed E-state index contributed by atoms with van der Waals surface area (Å²) in [7, 11) is 0. The molecule has 0 saturated carbocycles. The number of carbonyl (C=O) groups excluding carboxylic acids is 1. The molecule has 19 heavy (non-hydrogen) atoms. The highest BCUT2D eigenvalue weighted by atomic mass is 32.1. The Morgan fingerprint density at radius 1 is 1.37 bits per heavy atom. The number of rotatable bonds is 1. The van der Waals surface area contributed by atoms with Crippen LogP contribution in [0.5, 0.6) is 0 Å². The number of aryl methyl sites for hydroxylation is 1. The van der Waals surface area contributed by atoms with E-state index in [4.69, 9.17) is 4.98 Å². The first kappa shape index (κ1) is 12.7. The second kappa shape index (κ2) is 4.37. The van der Waals surface area contributed by atoms with Crippen molar-refractivity contribution in [2.75, 3.05) is 0 Å². The van der Waals surface area contributed by atoms with Gasteiger partial charge >= 0.3 is 0 Å². The van der Waals surface area contributed by atoms with Gasteiger partial charge in [-0.05, 0) is 42.2 Å². The lowest BCUT2D eigenvalue weighted by molar-refractivity contribution is 0.112. The van der Waals surface area contributed by atoms with Crippen molar-refractivity contribution >= 4 is 28.0 Å². The lowest BCUT2D eigenvalue weighted by Gasteiger charge is -2.34. The Morgan fingerprint density at radius 3 is 2.84 bits per heavy atom. The van der Waals surface area contributed by atoms with Crippen molar-refractivity contribution in [2.45, 2.75) is 40.0 Å². The molecule has 1 atom stereocenters. The molecule has 2 heterocycles. The van der Waals surface area contributed by atoms with Gasteiger partial charge in [0.1, 0.15) is 10.3 Å². The van der Waals surface area contributed by atoms with Crippen LogP contribution in [0.15, 0.2) is 6.07 Å². The van der Waals surface area contributed by atoms with Crippen molar-refractivity contribution < 1.29 is 4.79 Å². The Morgan fingerprint density at radius 2 is 2.16 bits per heavy atom. The summed E-state index contributed by atoms with van der Waals surface area (Å²) < 4.78 is 0. The van der Waals surface area contributed by atoms with Crippen LogP contribution < -0.4 is 0 Å². The molecule has 0 amide bonds. The molecule has 2 aromatic heterocycles. The monoisotopic (exact) mass is 274 g/mol. The van der Waals surface area contributed by atoms with E-state index in [-0.39, 0.29) is 0 Å². The zero-order chi connectivity index (χ0) is 13.6. The molecule has 0 N–H and O–H groups in total. The van der Waals surface area contributed by atoms with Gasteiger partial charge in [0.05, 0.1) is 0 Å². The van der Waals surface area contributed by atoms with Crippen molar-refractivity contribution in [1.82, 2.24) is 9.97 Å². The summed E-state index contributed by atoms with van der Waals surface area (Å²) in [5, 5.41) is 0.525. The fourth-order valence-electron chi connectivity index (χ4n) is 2.82. The Balaban J connectivity index is 2.02. The predicted octanol–water partition coefficient (Wildman–Crippen LogP) is 3.65. The van der Waals surface area contributed by atoms with Gasteiger partial charge in [0, 0.05) is 5.69 Å². The molecule has 0 spiro atoms. The smallest absolute Gasteiger partial charge is 0.178 e. The largest absolute Gasteiger partial charge is 0.295 e. The number of fused-ring (bicyclic) bond motifs is 2. The topological polar surface area (TPSA) is 42.9 Å². The van der Waals surface area contributed by atoms with Gasteiger partial charge in [-0.15, -0.1) is 0 Å². The fourth-order valence-corrected chi connectivity index (χ4v) is 3.57. The van der Waals surface area contributed by atoms with Gasteiger partial charge in [0.15, 0.2) is 11.3 Å². The number of carbonyl (C=O) groups is 1. The van der Waals surface area contributed by atoms with E-state index in [1.807, 2.05) is 0 Å². The van der Waals surface area contributed by atoms with Crippen LogP contribution in [0.25, 0.3) is 10.3 Å². The van der Waals surface area contributed by atoms with Gasteiger partial charge < -0.3 is 0 Å². The first-order chi connectivity index (χ1) is 8.97. The summed E-state index contributed by atoms with van der Waals surface area (Å²) in [6.07, 6.45) is 4.13. The highest BCUT2D eigenvalue weighted by Gasteiger charge is 2.29. The van der Waals surface area contributed by atoms with Crippen molar-refractivity contribution in [3.63, 3.8) is 0 Å². The Bertz CT molecular complexity index is 639. The molecule has 3 rings (SSSR count). The Hall–Kier alpha value is -1.29. The first-order valence-corrected chi connectivity index (χ1v) is 7.53. The van der Waals surface area contributed by atoms with E-state index < -0.39 is 0 Å². The summed E-state index contributed by atoms with van der Waals surface area (Å²) in [6, 6.07) is 2.14. The van der Waals surface area contributed by atoms with Crippen LogP contribution in [0.4, 0.5) is 0 Å². The van der Waals surface area contributed by atoms with Crippen LogP contribution >= 0.6 is 11.3 Å². The summed E-state index contributed by atoms with van der Waals surface area (Å²) >= 11 is 1.39. The molecule has 1 aliphatic carbocycles. The van der Waals surface area contributed by atoms with Gasteiger partial charge in [0.25, 0.3) is 0 Å². The Kier molecular flexibility index (Phi) is 2.93. The average Bonchev–Trinajstić information content (AvgIpc) is 2.75. The molecule has 3 nitrogen and oxygen atoms in total. The van der Waals surface area contributed by atoms with Crippen LogP contribution in [-0.2, 0) is 12.8 Å². The summed E-state index contributed by atoms with van der Waals surface area (Å²) in [4.78, 5) is 20.7. The maximum absolute atomic E-state index is 10.8. The highest BCUT2D eigenvalue weighted by molar-refractivity contribution is 7.19. The molecule has 1 aliphatic rings. The van der Waals surface area contributed by atoms with Gasteiger partial charge in [0.2, 0.25) is 0 Å². The number of aldehydes is 1. The molecule has 1 unspecified atom stereocenters. The lowest BCUT2D eigenvalue weighted by Crippen LogP contribution is -2.27. The lowest BCUT2D eigenvalue weighted by atomic mass is 9.71. The highest BCUT2D eigenvalue weighted by Crippen LogP contribution is 2.37. The van der Waals surface area contributed by atoms with Crippen LogP contribution in [-0.4, -0.2) is 16.3 Å². The van der Waals surface area contributed by atoms with Gasteiger partial charge in [-0.25, -0.2) is 9.97 Å². The number of hydrogen-bond donors (Lipinski definition) is 0. The van der Waals surface area contributed by atoms with E-state index in [2.05, 4.69) is 31.8 Å². The molecule has 2 aromatic rings. The normalized spacial score (nSPS) is 19.4. The zero-order valence-electron chi connectivity index (χ0n) is 11.6. The summed E-state index contributed by atoms with van der Waals surface area (Å²) in [5.41, 5.74) is 3.74. The van der Waals surface area contributed by atoms with E-state index in [1.54, 1.807) is 0 Å². The second-order valence-electron chi connectivity index (χ2n) is 6.39. The average molecular weight is 274 g/mol. The van der Waals surface area contributed by atoms with E-state index in [0.717, 1.165) is 29.5 Å². The minimum absolute atomic E-state index is 0.336. The number of thiazole rings is 1. The minimum atomic E-state index is 0.336. The molecule has 0 fully saturated rings. The maximum Gasteiger partial charge on any atom is 0.178 e. The maximum atomic E-state index is 10.8. The van der Waals surface area contributed by atoms with Crippen LogP contribution in [0.3, 0.4) is 0 Å². The van der Waals surface area contributed by atoms with E-state index in [1.165, 1.54) is 29.0 Å². The summed E-state index contributed by atoms with van der Waals surface area (Å²) in [5.74, 6) is 0.698. The van der Waals surface area contributed by atoms with Gasteiger partial charge in [-0.1, -0.05) is 32.1 Å². The fraction of sp³-hybridized carbons (Fsp3) is 0.533. The standard InChI is InChI=1S/C15H18N2OS/c1-15(2,3)10-4-5-11-9(6-10)7-12-14(17-11)19-13(8-18)16-12/h7-8,10H,4-6H2,1-3H3. The summed E-state index contributed by atoms with van der Waals surface area (Å²) in [6.45, 7) is 6.92. The van der Waals surface area contributed by atoms with Crippen LogP contribution in [0, 0.1) is 11.3 Å². The molecular weight excluding hydrogens is 256 g/mol. The molecular formula is C15H18N2OS. The Labute approximate surface area is 117 Å². The van der Waals surface area contributed by atoms with Crippen molar-refractivity contribution in [3.8, 4) is 0 Å². The van der Waals surface area contributed by atoms with Gasteiger partial charge in [-0.3, -0.25) is 4.79 Å². The molecule has 4 heteroatoms. The molecule has 0 aromatic carbocycles. The van der Waals surface area contributed by atoms with E-state index in [0.29, 0.717) is 16.3 Å². The number of pyridine rings is 1.